The number of carbonyl (C=O) groups excluding carboxylic acids is 1. The van der Waals surface area contributed by atoms with E-state index in [0.717, 1.165) is 17.1 Å². The molecular weight excluding hydrogens is 330 g/mol. The van der Waals surface area contributed by atoms with Crippen molar-refractivity contribution in [2.75, 3.05) is 19.0 Å². The first-order valence-corrected chi connectivity index (χ1v) is 8.26. The van der Waals surface area contributed by atoms with Crippen molar-refractivity contribution in [1.82, 2.24) is 30.0 Å². The molecule has 0 aliphatic rings. The van der Waals surface area contributed by atoms with Crippen LogP contribution < -0.4 is 10.2 Å². The smallest absolute Gasteiger partial charge is 0.251 e. The fraction of sp³-hybridized carbons (Fsp3) is 0.278. The van der Waals surface area contributed by atoms with E-state index in [9.17, 15) is 4.79 Å². The Morgan fingerprint density at radius 2 is 1.96 bits per heavy atom. The second kappa shape index (κ2) is 7.73. The normalized spacial score (nSPS) is 11.8. The third-order valence-electron chi connectivity index (χ3n) is 3.83. The highest BCUT2D eigenvalue weighted by molar-refractivity contribution is 5.94. The Morgan fingerprint density at radius 3 is 2.62 bits per heavy atom. The van der Waals surface area contributed by atoms with E-state index in [2.05, 4.69) is 25.4 Å². The number of carbonyl (C=O) groups is 1. The van der Waals surface area contributed by atoms with Gasteiger partial charge in [0.05, 0.1) is 24.6 Å². The molecule has 0 radical (unpaired) electrons. The number of anilines is 1. The highest BCUT2D eigenvalue weighted by Crippen LogP contribution is 2.19. The fourth-order valence-corrected chi connectivity index (χ4v) is 2.46. The van der Waals surface area contributed by atoms with Gasteiger partial charge in [-0.2, -0.15) is 5.10 Å². The lowest BCUT2D eigenvalue weighted by molar-refractivity contribution is 0.0936. The van der Waals surface area contributed by atoms with E-state index in [-0.39, 0.29) is 11.9 Å². The van der Waals surface area contributed by atoms with Crippen LogP contribution in [0, 0.1) is 0 Å². The van der Waals surface area contributed by atoms with E-state index < -0.39 is 0 Å². The van der Waals surface area contributed by atoms with Crippen molar-refractivity contribution in [2.24, 2.45) is 0 Å². The Bertz CT molecular complexity index is 860. The first-order valence-electron chi connectivity index (χ1n) is 8.26. The number of nitrogens with one attached hydrogen (secondary N) is 1. The van der Waals surface area contributed by atoms with Crippen LogP contribution in [0.15, 0.2) is 49.3 Å². The van der Waals surface area contributed by atoms with Crippen LogP contribution in [-0.2, 0) is 6.54 Å². The van der Waals surface area contributed by atoms with E-state index in [0.29, 0.717) is 12.1 Å². The maximum Gasteiger partial charge on any atom is 0.251 e. The van der Waals surface area contributed by atoms with Crippen molar-refractivity contribution >= 4 is 11.7 Å². The molecule has 1 unspecified atom stereocenters. The van der Waals surface area contributed by atoms with Crippen LogP contribution in [0.4, 0.5) is 5.82 Å². The molecule has 0 spiro atoms. The number of hydrogen-bond acceptors (Lipinski definition) is 6. The second-order valence-electron chi connectivity index (χ2n) is 6.23. The van der Waals surface area contributed by atoms with Crippen molar-refractivity contribution in [2.45, 2.75) is 19.5 Å². The van der Waals surface area contributed by atoms with Gasteiger partial charge in [-0.05, 0) is 19.1 Å². The van der Waals surface area contributed by atoms with Crippen LogP contribution in [0.5, 0.6) is 0 Å². The summed E-state index contributed by atoms with van der Waals surface area (Å²) in [5.74, 6) is 0.656. The number of benzene rings is 1. The third kappa shape index (κ3) is 4.21. The standard InChI is InChI=1S/C18H21N7O/c1-13(10-25-12-20-11-21-25)22-18(26)15-6-4-14(5-7-15)16-8-19-9-17(23-16)24(2)3/h4-9,11-13H,10H2,1-3H3,(H,22,26). The van der Waals surface area contributed by atoms with Gasteiger partial charge in [-0.15, -0.1) is 0 Å². The maximum absolute atomic E-state index is 12.4. The van der Waals surface area contributed by atoms with Crippen molar-refractivity contribution in [3.63, 3.8) is 0 Å². The zero-order chi connectivity index (χ0) is 18.5. The maximum atomic E-state index is 12.4. The Balaban J connectivity index is 1.67. The lowest BCUT2D eigenvalue weighted by Crippen LogP contribution is -2.35. The molecule has 0 fully saturated rings. The number of rotatable bonds is 6. The Kier molecular flexibility index (Phi) is 5.21. The monoisotopic (exact) mass is 351 g/mol. The minimum Gasteiger partial charge on any atom is -0.361 e. The summed E-state index contributed by atoms with van der Waals surface area (Å²) in [5, 5.41) is 6.99. The van der Waals surface area contributed by atoms with E-state index in [1.165, 1.54) is 6.33 Å². The molecule has 8 nitrogen and oxygen atoms in total. The largest absolute Gasteiger partial charge is 0.361 e. The molecule has 0 saturated heterocycles. The minimum absolute atomic E-state index is 0.0634. The molecule has 0 bridgehead atoms. The summed E-state index contributed by atoms with van der Waals surface area (Å²) < 4.78 is 1.68. The topological polar surface area (TPSA) is 88.8 Å². The van der Waals surface area contributed by atoms with Gasteiger partial charge in [0.15, 0.2) is 0 Å². The predicted octanol–water partition coefficient (Wildman–Crippen LogP) is 1.62. The quantitative estimate of drug-likeness (QED) is 0.726. The molecule has 3 rings (SSSR count). The summed E-state index contributed by atoms with van der Waals surface area (Å²) in [6.07, 6.45) is 6.52. The average molecular weight is 351 g/mol. The van der Waals surface area contributed by atoms with Gasteiger partial charge in [0.2, 0.25) is 0 Å². The lowest BCUT2D eigenvalue weighted by atomic mass is 10.1. The van der Waals surface area contributed by atoms with E-state index >= 15 is 0 Å². The predicted molar refractivity (Wildman–Crippen MR) is 98.7 cm³/mol. The van der Waals surface area contributed by atoms with E-state index in [4.69, 9.17) is 0 Å². The molecule has 0 saturated carbocycles. The SMILES string of the molecule is CC(Cn1cncn1)NC(=O)c1ccc(-c2cncc(N(C)C)n2)cc1. The molecule has 1 aromatic carbocycles. The van der Waals surface area contributed by atoms with Crippen molar-refractivity contribution in [1.29, 1.82) is 0 Å². The van der Waals surface area contributed by atoms with E-state index in [1.807, 2.05) is 38.1 Å². The molecule has 8 heteroatoms. The zero-order valence-electron chi connectivity index (χ0n) is 15.0. The average Bonchev–Trinajstić information content (AvgIpc) is 3.14. The molecule has 1 N–H and O–H groups in total. The highest BCUT2D eigenvalue weighted by atomic mass is 16.1. The molecule has 1 atom stereocenters. The summed E-state index contributed by atoms with van der Waals surface area (Å²) in [5.41, 5.74) is 2.27. The Labute approximate surface area is 151 Å². The summed E-state index contributed by atoms with van der Waals surface area (Å²) in [4.78, 5) is 26.9. The van der Waals surface area contributed by atoms with Crippen LogP contribution in [0.2, 0.25) is 0 Å². The van der Waals surface area contributed by atoms with Gasteiger partial charge >= 0.3 is 0 Å². The molecule has 0 aliphatic carbocycles. The van der Waals surface area contributed by atoms with Crippen LogP contribution in [-0.4, -0.2) is 50.8 Å². The number of hydrogen-bond donors (Lipinski definition) is 1. The summed E-state index contributed by atoms with van der Waals surface area (Å²) in [7, 11) is 3.84. The van der Waals surface area contributed by atoms with Gasteiger partial charge in [0.25, 0.3) is 5.91 Å². The van der Waals surface area contributed by atoms with Crippen molar-refractivity contribution in [3.8, 4) is 11.3 Å². The minimum atomic E-state index is -0.128. The lowest BCUT2D eigenvalue weighted by Gasteiger charge is -2.14. The van der Waals surface area contributed by atoms with Crippen LogP contribution in [0.3, 0.4) is 0 Å². The van der Waals surface area contributed by atoms with Gasteiger partial charge < -0.3 is 10.2 Å². The van der Waals surface area contributed by atoms with E-state index in [1.54, 1.807) is 35.5 Å². The van der Waals surface area contributed by atoms with Gasteiger partial charge in [-0.25, -0.2) is 9.97 Å². The molecule has 26 heavy (non-hydrogen) atoms. The number of nitrogens with zero attached hydrogens (tertiary/aromatic N) is 6. The highest BCUT2D eigenvalue weighted by Gasteiger charge is 2.11. The van der Waals surface area contributed by atoms with Crippen LogP contribution in [0.1, 0.15) is 17.3 Å². The van der Waals surface area contributed by atoms with Gasteiger partial charge in [-0.3, -0.25) is 14.5 Å². The molecule has 134 valence electrons. The fourth-order valence-electron chi connectivity index (χ4n) is 2.46. The molecule has 3 aromatic rings. The molecule has 1 amide bonds. The van der Waals surface area contributed by atoms with Crippen LogP contribution >= 0.6 is 0 Å². The van der Waals surface area contributed by atoms with Gasteiger partial charge in [0.1, 0.15) is 18.5 Å². The summed E-state index contributed by atoms with van der Waals surface area (Å²) in [6, 6.07) is 7.26. The molecule has 2 aromatic heterocycles. The molecule has 2 heterocycles. The van der Waals surface area contributed by atoms with Gasteiger partial charge in [-0.1, -0.05) is 12.1 Å². The summed E-state index contributed by atoms with van der Waals surface area (Å²) in [6.45, 7) is 2.49. The Hall–Kier alpha value is -3.29. The molecule has 0 aliphatic heterocycles. The number of aromatic nitrogens is 5. The third-order valence-corrected chi connectivity index (χ3v) is 3.83. The van der Waals surface area contributed by atoms with Crippen LogP contribution in [0.25, 0.3) is 11.3 Å². The van der Waals surface area contributed by atoms with Crippen molar-refractivity contribution in [3.05, 3.63) is 54.9 Å². The number of amides is 1. The summed E-state index contributed by atoms with van der Waals surface area (Å²) >= 11 is 0. The van der Waals surface area contributed by atoms with Crippen molar-refractivity contribution < 1.29 is 4.79 Å². The zero-order valence-corrected chi connectivity index (χ0v) is 15.0. The first kappa shape index (κ1) is 17.5. The second-order valence-corrected chi connectivity index (χ2v) is 6.23. The molecular formula is C18H21N7O. The first-order chi connectivity index (χ1) is 12.5. The van der Waals surface area contributed by atoms with Gasteiger partial charge in [0, 0.05) is 31.3 Å². The Morgan fingerprint density at radius 1 is 1.19 bits per heavy atom.